The van der Waals surface area contributed by atoms with Crippen LogP contribution in [0.1, 0.15) is 21.9 Å². The molecule has 0 spiro atoms. The number of nitro groups is 1. The summed E-state index contributed by atoms with van der Waals surface area (Å²) in [5.41, 5.74) is -0.426. The second-order valence-corrected chi connectivity index (χ2v) is 4.97. The maximum atomic E-state index is 12.4. The number of nitrogens with zero attached hydrogens (tertiary/aromatic N) is 2. The van der Waals surface area contributed by atoms with E-state index < -0.39 is 10.8 Å². The van der Waals surface area contributed by atoms with Crippen molar-refractivity contribution < 1.29 is 14.1 Å². The van der Waals surface area contributed by atoms with Crippen LogP contribution in [0.4, 0.5) is 5.69 Å². The lowest BCUT2D eigenvalue weighted by molar-refractivity contribution is -0.385. The summed E-state index contributed by atoms with van der Waals surface area (Å²) in [4.78, 5) is 24.1. The zero-order valence-electron chi connectivity index (χ0n) is 11.5. The van der Waals surface area contributed by atoms with Crippen molar-refractivity contribution in [3.8, 4) is 0 Å². The first-order valence-corrected chi connectivity index (χ1v) is 6.51. The molecule has 0 N–H and O–H groups in total. The molecule has 1 aromatic carbocycles. The number of aryl methyl sites for hydroxylation is 1. The quantitative estimate of drug-likeness (QED) is 0.640. The molecular formula is C14H13ClN2O4. The van der Waals surface area contributed by atoms with Crippen molar-refractivity contribution in [3.05, 3.63) is 62.6 Å². The largest absolute Gasteiger partial charge is 0.464 e. The molecule has 0 saturated carbocycles. The minimum absolute atomic E-state index is 0.0433. The summed E-state index contributed by atoms with van der Waals surface area (Å²) >= 11 is 5.81. The van der Waals surface area contributed by atoms with Crippen molar-refractivity contribution >= 4 is 23.2 Å². The number of hydrogen-bond acceptors (Lipinski definition) is 4. The summed E-state index contributed by atoms with van der Waals surface area (Å²) in [6, 6.07) is 7.82. The normalized spacial score (nSPS) is 10.4. The van der Waals surface area contributed by atoms with Gasteiger partial charge in [-0.1, -0.05) is 17.7 Å². The van der Waals surface area contributed by atoms with Crippen molar-refractivity contribution in [2.75, 3.05) is 7.05 Å². The van der Waals surface area contributed by atoms with Crippen LogP contribution in [0.15, 0.2) is 34.7 Å². The Bertz CT molecular complexity index is 696. The van der Waals surface area contributed by atoms with Crippen LogP contribution in [0.2, 0.25) is 5.02 Å². The molecule has 0 saturated heterocycles. The van der Waals surface area contributed by atoms with E-state index in [1.165, 1.54) is 23.1 Å². The lowest BCUT2D eigenvalue weighted by Crippen LogP contribution is -2.26. The van der Waals surface area contributed by atoms with E-state index in [4.69, 9.17) is 16.0 Å². The van der Waals surface area contributed by atoms with Crippen LogP contribution < -0.4 is 0 Å². The van der Waals surface area contributed by atoms with Crippen molar-refractivity contribution in [1.82, 2.24) is 4.90 Å². The van der Waals surface area contributed by atoms with E-state index in [0.717, 1.165) is 5.76 Å². The van der Waals surface area contributed by atoms with Gasteiger partial charge in [-0.3, -0.25) is 14.9 Å². The summed E-state index contributed by atoms with van der Waals surface area (Å²) in [5, 5.41) is 11.0. The minimum atomic E-state index is -0.652. The molecule has 0 fully saturated rings. The van der Waals surface area contributed by atoms with Gasteiger partial charge in [0.2, 0.25) is 0 Å². The van der Waals surface area contributed by atoms with Gasteiger partial charge in [-0.25, -0.2) is 0 Å². The Morgan fingerprint density at radius 3 is 2.67 bits per heavy atom. The molecule has 21 heavy (non-hydrogen) atoms. The van der Waals surface area contributed by atoms with Crippen LogP contribution in [-0.4, -0.2) is 22.8 Å². The van der Waals surface area contributed by atoms with Crippen molar-refractivity contribution in [3.63, 3.8) is 0 Å². The zero-order valence-corrected chi connectivity index (χ0v) is 12.3. The average molecular weight is 309 g/mol. The van der Waals surface area contributed by atoms with Gasteiger partial charge in [0.05, 0.1) is 11.5 Å². The van der Waals surface area contributed by atoms with Crippen molar-refractivity contribution in [1.29, 1.82) is 0 Å². The number of furan rings is 1. The molecule has 1 aromatic heterocycles. The number of rotatable bonds is 4. The lowest BCUT2D eigenvalue weighted by atomic mass is 10.1. The molecule has 0 aliphatic heterocycles. The zero-order chi connectivity index (χ0) is 15.6. The highest BCUT2D eigenvalue weighted by Crippen LogP contribution is 2.29. The molecular weight excluding hydrogens is 296 g/mol. The van der Waals surface area contributed by atoms with Gasteiger partial charge < -0.3 is 9.32 Å². The molecule has 1 amide bonds. The number of amides is 1. The van der Waals surface area contributed by atoms with E-state index >= 15 is 0 Å². The number of nitro benzene ring substituents is 1. The molecule has 6 nitrogen and oxygen atoms in total. The highest BCUT2D eigenvalue weighted by molar-refractivity contribution is 6.33. The third-order valence-electron chi connectivity index (χ3n) is 2.94. The fourth-order valence-corrected chi connectivity index (χ4v) is 2.20. The highest BCUT2D eigenvalue weighted by atomic mass is 35.5. The fourth-order valence-electron chi connectivity index (χ4n) is 1.95. The first-order chi connectivity index (χ1) is 9.90. The first kappa shape index (κ1) is 15.1. The van der Waals surface area contributed by atoms with Crippen molar-refractivity contribution in [2.45, 2.75) is 13.5 Å². The number of halogens is 1. The van der Waals surface area contributed by atoms with Crippen LogP contribution >= 0.6 is 11.6 Å². The Balaban J connectivity index is 2.27. The molecule has 0 aliphatic rings. The topological polar surface area (TPSA) is 76.6 Å². The summed E-state index contributed by atoms with van der Waals surface area (Å²) in [6.07, 6.45) is 0. The third kappa shape index (κ3) is 3.22. The lowest BCUT2D eigenvalue weighted by Gasteiger charge is -2.16. The molecule has 110 valence electrons. The predicted octanol–water partition coefficient (Wildman–Crippen LogP) is 3.42. The SMILES string of the molecule is Cc1ccc(CN(C)C(=O)c2cccc(Cl)c2[N+](=O)[O-])o1. The summed E-state index contributed by atoms with van der Waals surface area (Å²) in [7, 11) is 1.55. The standard InChI is InChI=1S/C14H13ClN2O4/c1-9-6-7-10(21-9)8-16(2)14(18)11-4-3-5-12(15)13(11)17(19)20/h3-7H,8H2,1-2H3. The number of carbonyl (C=O) groups excluding carboxylic acids is 1. The smallest absolute Gasteiger partial charge is 0.300 e. The summed E-state index contributed by atoms with van der Waals surface area (Å²) < 4.78 is 5.39. The van der Waals surface area contributed by atoms with Gasteiger partial charge in [0.1, 0.15) is 22.1 Å². The van der Waals surface area contributed by atoms with Gasteiger partial charge >= 0.3 is 5.69 Å². The van der Waals surface area contributed by atoms with E-state index in [2.05, 4.69) is 0 Å². The van der Waals surface area contributed by atoms with Crippen LogP contribution in [0.3, 0.4) is 0 Å². The first-order valence-electron chi connectivity index (χ1n) is 6.14. The second kappa shape index (κ2) is 5.97. The Morgan fingerprint density at radius 1 is 1.38 bits per heavy atom. The molecule has 1 heterocycles. The number of hydrogen-bond donors (Lipinski definition) is 0. The molecule has 2 aromatic rings. The minimum Gasteiger partial charge on any atom is -0.464 e. The molecule has 0 unspecified atom stereocenters. The fraction of sp³-hybridized carbons (Fsp3) is 0.214. The molecule has 0 atom stereocenters. The van der Waals surface area contributed by atoms with E-state index in [1.807, 2.05) is 0 Å². The molecule has 0 radical (unpaired) electrons. The highest BCUT2D eigenvalue weighted by Gasteiger charge is 2.26. The van der Waals surface area contributed by atoms with Crippen LogP contribution in [0.25, 0.3) is 0 Å². The van der Waals surface area contributed by atoms with Gasteiger partial charge in [-0.05, 0) is 31.2 Å². The molecule has 0 bridgehead atoms. The third-order valence-corrected chi connectivity index (χ3v) is 3.24. The number of carbonyl (C=O) groups is 1. The predicted molar refractivity (Wildman–Crippen MR) is 77.3 cm³/mol. The summed E-state index contributed by atoms with van der Waals surface area (Å²) in [5.74, 6) is 0.853. The van der Waals surface area contributed by atoms with Crippen molar-refractivity contribution in [2.24, 2.45) is 0 Å². The Hall–Kier alpha value is -2.34. The summed E-state index contributed by atoms with van der Waals surface area (Å²) in [6.45, 7) is 2.02. The molecule has 0 aliphatic carbocycles. The maximum Gasteiger partial charge on any atom is 0.300 e. The van der Waals surface area contributed by atoms with Crippen LogP contribution in [0.5, 0.6) is 0 Å². The monoisotopic (exact) mass is 308 g/mol. The van der Waals surface area contributed by atoms with Gasteiger partial charge in [-0.2, -0.15) is 0 Å². The van der Waals surface area contributed by atoms with E-state index in [9.17, 15) is 14.9 Å². The van der Waals surface area contributed by atoms with Gasteiger partial charge in [0, 0.05) is 7.05 Å². The molecule has 2 rings (SSSR count). The van der Waals surface area contributed by atoms with Crippen LogP contribution in [-0.2, 0) is 6.54 Å². The molecule has 7 heteroatoms. The van der Waals surface area contributed by atoms with E-state index in [-0.39, 0.29) is 22.8 Å². The average Bonchev–Trinajstić information content (AvgIpc) is 2.82. The van der Waals surface area contributed by atoms with Gasteiger partial charge in [-0.15, -0.1) is 0 Å². The Kier molecular flexibility index (Phi) is 4.28. The number of para-hydroxylation sites is 1. The Morgan fingerprint density at radius 2 is 2.10 bits per heavy atom. The van der Waals surface area contributed by atoms with E-state index in [0.29, 0.717) is 5.76 Å². The van der Waals surface area contributed by atoms with Gasteiger partial charge in [0.25, 0.3) is 5.91 Å². The maximum absolute atomic E-state index is 12.4. The van der Waals surface area contributed by atoms with Crippen LogP contribution in [0, 0.1) is 17.0 Å². The second-order valence-electron chi connectivity index (χ2n) is 4.57. The Labute approximate surface area is 126 Å². The van der Waals surface area contributed by atoms with E-state index in [1.54, 1.807) is 26.1 Å². The number of benzene rings is 1. The van der Waals surface area contributed by atoms with Gasteiger partial charge in [0.15, 0.2) is 0 Å².